The van der Waals surface area contributed by atoms with E-state index in [4.69, 9.17) is 0 Å². The molecule has 1 aliphatic rings. The minimum Gasteiger partial charge on any atom is -0.334 e. The smallest absolute Gasteiger partial charge is 0.319 e. The van der Waals surface area contributed by atoms with Crippen molar-refractivity contribution >= 4 is 21.6 Å². The van der Waals surface area contributed by atoms with E-state index in [-0.39, 0.29) is 17.5 Å². The van der Waals surface area contributed by atoms with Crippen molar-refractivity contribution < 1.29 is 13.2 Å². The Balaban J connectivity index is 1.58. The highest BCUT2D eigenvalue weighted by Crippen LogP contribution is 2.12. The second-order valence-corrected chi connectivity index (χ2v) is 7.17. The van der Waals surface area contributed by atoms with Gasteiger partial charge in [0, 0.05) is 6.04 Å². The van der Waals surface area contributed by atoms with Crippen LogP contribution in [0.1, 0.15) is 6.42 Å². The lowest BCUT2D eigenvalue weighted by atomic mass is 10.3. The Morgan fingerprint density at radius 1 is 1.36 bits per heavy atom. The van der Waals surface area contributed by atoms with Gasteiger partial charge in [0.05, 0.1) is 23.4 Å². The Kier molecular flexibility index (Phi) is 3.75. The van der Waals surface area contributed by atoms with Crippen molar-refractivity contribution in [2.75, 3.05) is 16.8 Å². The Labute approximate surface area is 126 Å². The molecule has 116 valence electrons. The zero-order chi connectivity index (χ0) is 15.6. The lowest BCUT2D eigenvalue weighted by Gasteiger charge is -2.12. The third kappa shape index (κ3) is 3.39. The number of hydrogen-bond acceptors (Lipinski definition) is 6. The van der Waals surface area contributed by atoms with Crippen LogP contribution in [-0.2, 0) is 9.84 Å². The van der Waals surface area contributed by atoms with Crippen LogP contribution >= 0.6 is 0 Å². The molecule has 9 nitrogen and oxygen atoms in total. The average molecular weight is 322 g/mol. The summed E-state index contributed by atoms with van der Waals surface area (Å²) < 4.78 is 24.2. The van der Waals surface area contributed by atoms with E-state index >= 15 is 0 Å². The summed E-state index contributed by atoms with van der Waals surface area (Å²) in [5.74, 6) is 0.682. The van der Waals surface area contributed by atoms with Gasteiger partial charge in [-0.3, -0.25) is 0 Å². The molecule has 2 aromatic rings. The van der Waals surface area contributed by atoms with Gasteiger partial charge in [-0.05, 0) is 18.6 Å². The first-order valence-electron chi connectivity index (χ1n) is 6.61. The molecular formula is C12H14N6O3S. The molecule has 0 radical (unpaired) electrons. The highest BCUT2D eigenvalue weighted by molar-refractivity contribution is 7.91. The molecule has 10 heteroatoms. The number of nitrogens with one attached hydrogen (secondary N) is 2. The highest BCUT2D eigenvalue weighted by atomic mass is 32.2. The molecule has 1 atom stereocenters. The zero-order valence-electron chi connectivity index (χ0n) is 11.5. The van der Waals surface area contributed by atoms with Gasteiger partial charge in [0.1, 0.15) is 12.7 Å². The molecule has 3 heterocycles. The molecule has 3 rings (SSSR count). The fourth-order valence-electron chi connectivity index (χ4n) is 2.18. The molecule has 22 heavy (non-hydrogen) atoms. The fraction of sp³-hybridized carbons (Fsp3) is 0.333. The second-order valence-electron chi connectivity index (χ2n) is 4.94. The molecule has 1 saturated heterocycles. The SMILES string of the molecule is O=C(Nc1ccc(-n2cncn2)nc1)N[C@@H]1CCS(=O)(=O)C1. The summed E-state index contributed by atoms with van der Waals surface area (Å²) in [6, 6.07) is 2.57. The summed E-state index contributed by atoms with van der Waals surface area (Å²) in [6.45, 7) is 0. The molecule has 0 spiro atoms. The summed E-state index contributed by atoms with van der Waals surface area (Å²) in [5.41, 5.74) is 0.502. The minimum atomic E-state index is -3.02. The van der Waals surface area contributed by atoms with E-state index in [2.05, 4.69) is 25.7 Å². The van der Waals surface area contributed by atoms with E-state index < -0.39 is 15.9 Å². The van der Waals surface area contributed by atoms with E-state index in [1.54, 1.807) is 12.1 Å². The molecular weight excluding hydrogens is 308 g/mol. The zero-order valence-corrected chi connectivity index (χ0v) is 12.3. The molecule has 0 aromatic carbocycles. The van der Waals surface area contributed by atoms with Crippen LogP contribution in [0.5, 0.6) is 0 Å². The first kappa shape index (κ1) is 14.4. The van der Waals surface area contributed by atoms with Gasteiger partial charge < -0.3 is 10.6 Å². The van der Waals surface area contributed by atoms with Crippen LogP contribution in [0, 0.1) is 0 Å². The van der Waals surface area contributed by atoms with Gasteiger partial charge in [-0.1, -0.05) is 0 Å². The normalized spacial score (nSPS) is 19.7. The molecule has 2 N–H and O–H groups in total. The third-order valence-electron chi connectivity index (χ3n) is 3.23. The maximum absolute atomic E-state index is 11.8. The summed E-state index contributed by atoms with van der Waals surface area (Å²) in [5, 5.41) is 9.20. The van der Waals surface area contributed by atoms with Crippen molar-refractivity contribution in [2.45, 2.75) is 12.5 Å². The Hall–Kier alpha value is -2.49. The van der Waals surface area contributed by atoms with Crippen molar-refractivity contribution in [3.63, 3.8) is 0 Å². The monoisotopic (exact) mass is 322 g/mol. The first-order chi connectivity index (χ1) is 10.5. The van der Waals surface area contributed by atoms with Crippen LogP contribution in [0.4, 0.5) is 10.5 Å². The number of carbonyl (C=O) groups excluding carboxylic acids is 1. The third-order valence-corrected chi connectivity index (χ3v) is 4.99. The lowest BCUT2D eigenvalue weighted by molar-refractivity contribution is 0.249. The van der Waals surface area contributed by atoms with E-state index in [1.807, 2.05) is 0 Å². The second kappa shape index (κ2) is 5.72. The Morgan fingerprint density at radius 3 is 2.82 bits per heavy atom. The number of amides is 2. The average Bonchev–Trinajstić information content (AvgIpc) is 3.09. The summed E-state index contributed by atoms with van der Waals surface area (Å²) in [7, 11) is -3.02. The number of sulfone groups is 1. The predicted octanol–water partition coefficient (Wildman–Crippen LogP) is -0.0291. The topological polar surface area (TPSA) is 119 Å². The van der Waals surface area contributed by atoms with Gasteiger partial charge in [0.15, 0.2) is 15.7 Å². The van der Waals surface area contributed by atoms with Crippen LogP contribution in [0.15, 0.2) is 31.0 Å². The maximum Gasteiger partial charge on any atom is 0.319 e. The van der Waals surface area contributed by atoms with Crippen molar-refractivity contribution in [3.8, 4) is 5.82 Å². The van der Waals surface area contributed by atoms with E-state index in [0.717, 1.165) is 0 Å². The largest absolute Gasteiger partial charge is 0.334 e. The van der Waals surface area contributed by atoms with E-state index in [0.29, 0.717) is 17.9 Å². The molecule has 1 aliphatic heterocycles. The van der Waals surface area contributed by atoms with E-state index in [9.17, 15) is 13.2 Å². The number of nitrogens with zero attached hydrogens (tertiary/aromatic N) is 4. The number of pyridine rings is 1. The quantitative estimate of drug-likeness (QED) is 0.819. The molecule has 0 aliphatic carbocycles. The summed E-state index contributed by atoms with van der Waals surface area (Å²) in [6.07, 6.45) is 4.85. The summed E-state index contributed by atoms with van der Waals surface area (Å²) in [4.78, 5) is 19.8. The fourth-order valence-corrected chi connectivity index (χ4v) is 3.86. The standard InChI is InChI=1S/C12H14N6O3S/c19-12(17-10-3-4-22(20,21)6-10)16-9-1-2-11(14-5-9)18-8-13-7-15-18/h1-2,5,7-8,10H,3-4,6H2,(H2,16,17,19)/t10-/m1/s1. The molecule has 0 bridgehead atoms. The van der Waals surface area contributed by atoms with Crippen LogP contribution in [0.25, 0.3) is 5.82 Å². The number of anilines is 1. The number of aromatic nitrogens is 4. The maximum atomic E-state index is 11.8. The van der Waals surface area contributed by atoms with Crippen molar-refractivity contribution in [1.82, 2.24) is 25.1 Å². The van der Waals surface area contributed by atoms with E-state index in [1.165, 1.54) is 23.5 Å². The van der Waals surface area contributed by atoms with Crippen LogP contribution in [0.2, 0.25) is 0 Å². The predicted molar refractivity (Wildman–Crippen MR) is 78.4 cm³/mol. The molecule has 0 unspecified atom stereocenters. The number of rotatable bonds is 3. The van der Waals surface area contributed by atoms with Gasteiger partial charge in [-0.25, -0.2) is 27.9 Å². The van der Waals surface area contributed by atoms with Gasteiger partial charge in [0.2, 0.25) is 0 Å². The summed E-state index contributed by atoms with van der Waals surface area (Å²) >= 11 is 0. The molecule has 1 fully saturated rings. The van der Waals surface area contributed by atoms with Gasteiger partial charge in [-0.15, -0.1) is 0 Å². The molecule has 0 saturated carbocycles. The Morgan fingerprint density at radius 2 is 2.23 bits per heavy atom. The Bertz CT molecular complexity index is 757. The van der Waals surface area contributed by atoms with Crippen molar-refractivity contribution in [3.05, 3.63) is 31.0 Å². The number of urea groups is 1. The minimum absolute atomic E-state index is 0.0100. The molecule has 2 amide bonds. The van der Waals surface area contributed by atoms with Crippen molar-refractivity contribution in [2.24, 2.45) is 0 Å². The van der Waals surface area contributed by atoms with Crippen molar-refractivity contribution in [1.29, 1.82) is 0 Å². The van der Waals surface area contributed by atoms with Crippen LogP contribution < -0.4 is 10.6 Å². The molecule has 2 aromatic heterocycles. The lowest BCUT2D eigenvalue weighted by Crippen LogP contribution is -2.38. The van der Waals surface area contributed by atoms with Gasteiger partial charge in [-0.2, -0.15) is 5.10 Å². The van der Waals surface area contributed by atoms with Gasteiger partial charge in [0.25, 0.3) is 0 Å². The van der Waals surface area contributed by atoms with Gasteiger partial charge >= 0.3 is 6.03 Å². The van der Waals surface area contributed by atoms with Crippen LogP contribution in [0.3, 0.4) is 0 Å². The number of carbonyl (C=O) groups is 1. The number of hydrogen-bond donors (Lipinski definition) is 2. The van der Waals surface area contributed by atoms with Crippen LogP contribution in [-0.4, -0.2) is 51.7 Å². The highest BCUT2D eigenvalue weighted by Gasteiger charge is 2.28. The first-order valence-corrected chi connectivity index (χ1v) is 8.43.